The predicted molar refractivity (Wildman–Crippen MR) is 93.1 cm³/mol. The minimum Gasteiger partial charge on any atom is -0.380 e. The van der Waals surface area contributed by atoms with E-state index in [4.69, 9.17) is 4.74 Å². The molecule has 1 unspecified atom stereocenters. The molecule has 1 atom stereocenters. The van der Waals surface area contributed by atoms with Gasteiger partial charge in [-0.1, -0.05) is 6.07 Å². The molecule has 1 aromatic carbocycles. The van der Waals surface area contributed by atoms with Crippen LogP contribution in [0, 0.1) is 5.82 Å². The van der Waals surface area contributed by atoms with Gasteiger partial charge in [0.15, 0.2) is 0 Å². The van der Waals surface area contributed by atoms with Crippen molar-refractivity contribution in [3.05, 3.63) is 34.5 Å². The molecule has 1 aliphatic rings. The lowest BCUT2D eigenvalue weighted by Crippen LogP contribution is -2.45. The SMILES string of the molecule is COCc1c(C(=O)NC2CCCNC2)sc2cccc(F)c12.Cl. The number of thiophene rings is 1. The summed E-state index contributed by atoms with van der Waals surface area (Å²) in [6.07, 6.45) is 2.02. The first kappa shape index (κ1) is 18.1. The number of benzene rings is 1. The van der Waals surface area contributed by atoms with Crippen LogP contribution >= 0.6 is 23.7 Å². The van der Waals surface area contributed by atoms with Crippen LogP contribution in [0.3, 0.4) is 0 Å². The van der Waals surface area contributed by atoms with E-state index in [1.54, 1.807) is 13.2 Å². The van der Waals surface area contributed by atoms with Crippen LogP contribution in [0.25, 0.3) is 10.1 Å². The zero-order valence-electron chi connectivity index (χ0n) is 12.9. The van der Waals surface area contributed by atoms with Crippen LogP contribution in [0.4, 0.5) is 4.39 Å². The molecule has 2 heterocycles. The Hall–Kier alpha value is -1.21. The van der Waals surface area contributed by atoms with Crippen LogP contribution in [0.2, 0.25) is 0 Å². The number of fused-ring (bicyclic) bond motifs is 1. The molecule has 3 rings (SSSR count). The number of piperidine rings is 1. The summed E-state index contributed by atoms with van der Waals surface area (Å²) in [5.74, 6) is -0.444. The number of ether oxygens (including phenoxy) is 1. The summed E-state index contributed by atoms with van der Waals surface area (Å²) in [6.45, 7) is 2.01. The highest BCUT2D eigenvalue weighted by Gasteiger charge is 2.23. The number of hydrogen-bond donors (Lipinski definition) is 2. The van der Waals surface area contributed by atoms with E-state index in [-0.39, 0.29) is 36.8 Å². The average Bonchev–Trinajstić information content (AvgIpc) is 2.89. The van der Waals surface area contributed by atoms with Crippen molar-refractivity contribution in [1.82, 2.24) is 10.6 Å². The second-order valence-corrected chi connectivity index (χ2v) is 6.52. The van der Waals surface area contributed by atoms with Gasteiger partial charge in [0.2, 0.25) is 0 Å². The van der Waals surface area contributed by atoms with Gasteiger partial charge in [-0.2, -0.15) is 0 Å². The molecule has 0 bridgehead atoms. The largest absolute Gasteiger partial charge is 0.380 e. The summed E-state index contributed by atoms with van der Waals surface area (Å²) in [6, 6.07) is 5.05. The van der Waals surface area contributed by atoms with Crippen LogP contribution in [0.15, 0.2) is 18.2 Å². The Bertz CT molecular complexity index is 686. The van der Waals surface area contributed by atoms with Crippen LogP contribution in [-0.4, -0.2) is 32.1 Å². The lowest BCUT2D eigenvalue weighted by molar-refractivity contribution is 0.0930. The number of carbonyl (C=O) groups excluding carboxylic acids is 1. The van der Waals surface area contributed by atoms with Crippen LogP contribution in [0.1, 0.15) is 28.1 Å². The van der Waals surface area contributed by atoms with Crippen molar-refractivity contribution in [2.24, 2.45) is 0 Å². The molecule has 1 aromatic heterocycles. The normalized spacial score (nSPS) is 17.7. The van der Waals surface area contributed by atoms with Gasteiger partial charge < -0.3 is 15.4 Å². The summed E-state index contributed by atoms with van der Waals surface area (Å²) >= 11 is 1.32. The van der Waals surface area contributed by atoms with E-state index in [9.17, 15) is 9.18 Å². The van der Waals surface area contributed by atoms with E-state index in [1.165, 1.54) is 17.4 Å². The third-order valence-electron chi connectivity index (χ3n) is 3.89. The Morgan fingerprint density at radius 3 is 3.04 bits per heavy atom. The second kappa shape index (κ2) is 8.06. The maximum absolute atomic E-state index is 14.1. The fourth-order valence-corrected chi connectivity index (χ4v) is 3.98. The van der Waals surface area contributed by atoms with E-state index in [0.717, 1.165) is 30.6 Å². The van der Waals surface area contributed by atoms with Gasteiger partial charge in [0.25, 0.3) is 5.91 Å². The molecule has 2 aromatic rings. The number of halogens is 2. The zero-order valence-corrected chi connectivity index (χ0v) is 14.5. The number of rotatable bonds is 4. The third kappa shape index (κ3) is 3.83. The monoisotopic (exact) mass is 358 g/mol. The summed E-state index contributed by atoms with van der Waals surface area (Å²) in [4.78, 5) is 13.1. The molecule has 0 radical (unpaired) electrons. The molecule has 1 amide bonds. The molecule has 23 heavy (non-hydrogen) atoms. The van der Waals surface area contributed by atoms with Crippen molar-refractivity contribution in [3.63, 3.8) is 0 Å². The first-order chi connectivity index (χ1) is 10.7. The van der Waals surface area contributed by atoms with Crippen LogP contribution < -0.4 is 10.6 Å². The number of amides is 1. The van der Waals surface area contributed by atoms with E-state index >= 15 is 0 Å². The van der Waals surface area contributed by atoms with Gasteiger partial charge in [-0.3, -0.25) is 4.79 Å². The Kier molecular flexibility index (Phi) is 6.35. The van der Waals surface area contributed by atoms with E-state index in [1.807, 2.05) is 6.07 Å². The topological polar surface area (TPSA) is 50.4 Å². The number of methoxy groups -OCH3 is 1. The third-order valence-corrected chi connectivity index (χ3v) is 5.09. The van der Waals surface area contributed by atoms with Gasteiger partial charge >= 0.3 is 0 Å². The Morgan fingerprint density at radius 1 is 1.52 bits per heavy atom. The fraction of sp³-hybridized carbons (Fsp3) is 0.438. The molecule has 1 aliphatic heterocycles. The first-order valence-corrected chi connectivity index (χ1v) is 8.22. The van der Waals surface area contributed by atoms with Crippen molar-refractivity contribution in [2.75, 3.05) is 20.2 Å². The maximum Gasteiger partial charge on any atom is 0.262 e. The molecule has 7 heteroatoms. The highest BCUT2D eigenvalue weighted by Crippen LogP contribution is 2.33. The Morgan fingerprint density at radius 2 is 2.35 bits per heavy atom. The smallest absolute Gasteiger partial charge is 0.262 e. The number of nitrogens with one attached hydrogen (secondary N) is 2. The molecule has 4 nitrogen and oxygen atoms in total. The van der Waals surface area contributed by atoms with Crippen LogP contribution in [-0.2, 0) is 11.3 Å². The lowest BCUT2D eigenvalue weighted by Gasteiger charge is -2.23. The standard InChI is InChI=1S/C16H19FN2O2S.ClH/c1-21-9-11-14-12(17)5-2-6-13(14)22-15(11)16(20)19-10-4-3-7-18-8-10;/h2,5-6,10,18H,3-4,7-9H2,1H3,(H,19,20);1H. The Balaban J connectivity index is 0.00000192. The van der Waals surface area contributed by atoms with Gasteiger partial charge in [-0.15, -0.1) is 23.7 Å². The van der Waals surface area contributed by atoms with Crippen molar-refractivity contribution in [1.29, 1.82) is 0 Å². The highest BCUT2D eigenvalue weighted by molar-refractivity contribution is 7.21. The molecule has 1 fully saturated rings. The molecule has 0 saturated carbocycles. The van der Waals surface area contributed by atoms with E-state index in [0.29, 0.717) is 15.8 Å². The van der Waals surface area contributed by atoms with E-state index < -0.39 is 0 Å². The van der Waals surface area contributed by atoms with Gasteiger partial charge in [0, 0.05) is 35.3 Å². The predicted octanol–water partition coefficient (Wildman–Crippen LogP) is 3.09. The maximum atomic E-state index is 14.1. The van der Waals surface area contributed by atoms with Crippen molar-refractivity contribution in [3.8, 4) is 0 Å². The van der Waals surface area contributed by atoms with Gasteiger partial charge in [0.1, 0.15) is 5.82 Å². The summed E-state index contributed by atoms with van der Waals surface area (Å²) < 4.78 is 20.1. The van der Waals surface area contributed by atoms with Gasteiger partial charge in [-0.25, -0.2) is 4.39 Å². The number of hydrogen-bond acceptors (Lipinski definition) is 4. The minimum atomic E-state index is -0.306. The molecule has 0 aliphatic carbocycles. The van der Waals surface area contributed by atoms with Crippen LogP contribution in [0.5, 0.6) is 0 Å². The van der Waals surface area contributed by atoms with Crippen molar-refractivity contribution in [2.45, 2.75) is 25.5 Å². The summed E-state index contributed by atoms with van der Waals surface area (Å²) in [7, 11) is 1.55. The number of carbonyl (C=O) groups is 1. The molecule has 2 N–H and O–H groups in total. The quantitative estimate of drug-likeness (QED) is 0.883. The first-order valence-electron chi connectivity index (χ1n) is 7.41. The van der Waals surface area contributed by atoms with Crippen molar-refractivity contribution >= 4 is 39.7 Å². The Labute approximate surface area is 144 Å². The summed E-state index contributed by atoms with van der Waals surface area (Å²) in [5, 5.41) is 6.82. The molecular formula is C16H20ClFN2O2S. The van der Waals surface area contributed by atoms with Crippen molar-refractivity contribution < 1.29 is 13.9 Å². The zero-order chi connectivity index (χ0) is 15.5. The fourth-order valence-electron chi connectivity index (χ4n) is 2.86. The molecule has 126 valence electrons. The van der Waals surface area contributed by atoms with Gasteiger partial charge in [0.05, 0.1) is 11.5 Å². The molecule has 0 spiro atoms. The summed E-state index contributed by atoms with van der Waals surface area (Å²) in [5.41, 5.74) is 0.641. The molecular weight excluding hydrogens is 339 g/mol. The second-order valence-electron chi connectivity index (χ2n) is 5.47. The minimum absolute atomic E-state index is 0. The average molecular weight is 359 g/mol. The lowest BCUT2D eigenvalue weighted by atomic mass is 10.1. The van der Waals surface area contributed by atoms with Gasteiger partial charge in [-0.05, 0) is 31.5 Å². The molecule has 1 saturated heterocycles. The highest BCUT2D eigenvalue weighted by atomic mass is 35.5. The van der Waals surface area contributed by atoms with E-state index in [2.05, 4.69) is 10.6 Å².